The maximum Gasteiger partial charge on any atom is 0.318 e. The molecule has 0 unspecified atom stereocenters. The summed E-state index contributed by atoms with van der Waals surface area (Å²) in [6.45, 7) is 1.82. The molecule has 0 spiro atoms. The number of carbonyl (C=O) groups is 2. The van der Waals surface area contributed by atoms with E-state index < -0.39 is 11.9 Å². The lowest BCUT2D eigenvalue weighted by Crippen LogP contribution is -2.38. The molecule has 0 bridgehead atoms. The van der Waals surface area contributed by atoms with Gasteiger partial charge in [-0.15, -0.1) is 0 Å². The number of urea groups is 1. The van der Waals surface area contributed by atoms with Crippen molar-refractivity contribution in [1.29, 1.82) is 0 Å². The summed E-state index contributed by atoms with van der Waals surface area (Å²) in [6, 6.07) is 6.50. The SMILES string of the molecule is CCc1ccc(OCC(=O)NC(N)=O)cc1. The van der Waals surface area contributed by atoms with Crippen LogP contribution in [0.2, 0.25) is 0 Å². The fourth-order valence-corrected chi connectivity index (χ4v) is 1.14. The number of benzene rings is 1. The summed E-state index contributed by atoms with van der Waals surface area (Å²) in [5, 5.41) is 1.91. The third kappa shape index (κ3) is 4.00. The number of imide groups is 1. The lowest BCUT2D eigenvalue weighted by molar-refractivity contribution is -0.121. The van der Waals surface area contributed by atoms with Crippen LogP contribution in [0.4, 0.5) is 4.79 Å². The Morgan fingerprint density at radius 1 is 1.31 bits per heavy atom. The Morgan fingerprint density at radius 3 is 2.44 bits per heavy atom. The first-order chi connectivity index (χ1) is 7.61. The third-order valence-electron chi connectivity index (χ3n) is 1.96. The second-order valence-corrected chi connectivity index (χ2v) is 3.20. The number of nitrogens with two attached hydrogens (primary N) is 1. The van der Waals surface area contributed by atoms with Gasteiger partial charge in [0.2, 0.25) is 0 Å². The molecule has 86 valence electrons. The zero-order valence-electron chi connectivity index (χ0n) is 9.03. The largest absolute Gasteiger partial charge is 0.484 e. The summed E-state index contributed by atoms with van der Waals surface area (Å²) in [5.74, 6) is 0.0175. The van der Waals surface area contributed by atoms with Crippen LogP contribution in [0.1, 0.15) is 12.5 Å². The van der Waals surface area contributed by atoms with Gasteiger partial charge in [-0.3, -0.25) is 10.1 Å². The molecule has 1 aromatic carbocycles. The molecule has 3 N–H and O–H groups in total. The molecule has 0 atom stereocenters. The number of amides is 3. The number of hydrogen-bond donors (Lipinski definition) is 2. The molecule has 3 amide bonds. The van der Waals surface area contributed by atoms with Crippen LogP contribution in [-0.4, -0.2) is 18.5 Å². The standard InChI is InChI=1S/C11H14N2O3/c1-2-8-3-5-9(6-4-8)16-7-10(14)13-11(12)15/h3-6H,2,7H2,1H3,(H3,12,13,14,15). The van der Waals surface area contributed by atoms with Crippen molar-refractivity contribution in [1.82, 2.24) is 5.32 Å². The fraction of sp³-hybridized carbons (Fsp3) is 0.273. The fourth-order valence-electron chi connectivity index (χ4n) is 1.14. The second-order valence-electron chi connectivity index (χ2n) is 3.20. The maximum absolute atomic E-state index is 11.0. The van der Waals surface area contributed by atoms with Crippen LogP contribution in [0.5, 0.6) is 5.75 Å². The second kappa shape index (κ2) is 5.75. The van der Waals surface area contributed by atoms with E-state index in [0.717, 1.165) is 6.42 Å². The Kier molecular flexibility index (Phi) is 4.32. The average Bonchev–Trinajstić information content (AvgIpc) is 2.26. The molecule has 5 nitrogen and oxygen atoms in total. The first-order valence-corrected chi connectivity index (χ1v) is 4.93. The summed E-state index contributed by atoms with van der Waals surface area (Å²) >= 11 is 0. The minimum Gasteiger partial charge on any atom is -0.484 e. The van der Waals surface area contributed by atoms with E-state index in [2.05, 4.69) is 6.92 Å². The summed E-state index contributed by atoms with van der Waals surface area (Å²) in [5.41, 5.74) is 5.96. The van der Waals surface area contributed by atoms with Crippen LogP contribution < -0.4 is 15.8 Å². The van der Waals surface area contributed by atoms with Gasteiger partial charge in [0.25, 0.3) is 5.91 Å². The van der Waals surface area contributed by atoms with Gasteiger partial charge in [-0.05, 0) is 24.1 Å². The summed E-state index contributed by atoms with van der Waals surface area (Å²) < 4.78 is 5.15. The Hall–Kier alpha value is -2.04. The van der Waals surface area contributed by atoms with Crippen LogP contribution in [0.15, 0.2) is 24.3 Å². The smallest absolute Gasteiger partial charge is 0.318 e. The van der Waals surface area contributed by atoms with Crippen LogP contribution in [0.3, 0.4) is 0 Å². The van der Waals surface area contributed by atoms with Gasteiger partial charge in [0, 0.05) is 0 Å². The van der Waals surface area contributed by atoms with E-state index in [-0.39, 0.29) is 6.61 Å². The molecule has 0 saturated carbocycles. The van der Waals surface area contributed by atoms with E-state index in [0.29, 0.717) is 5.75 Å². The predicted octanol–water partition coefficient (Wildman–Crippen LogP) is 0.823. The molecule has 0 aliphatic heterocycles. The van der Waals surface area contributed by atoms with Gasteiger partial charge in [0.1, 0.15) is 5.75 Å². The molecule has 0 fully saturated rings. The highest BCUT2D eigenvalue weighted by Gasteiger charge is 2.04. The van der Waals surface area contributed by atoms with E-state index in [1.165, 1.54) is 5.56 Å². The van der Waals surface area contributed by atoms with E-state index >= 15 is 0 Å². The van der Waals surface area contributed by atoms with Crippen LogP contribution >= 0.6 is 0 Å². The highest BCUT2D eigenvalue weighted by molar-refractivity contribution is 5.94. The number of nitrogens with one attached hydrogen (secondary N) is 1. The summed E-state index contributed by atoms with van der Waals surface area (Å²) in [7, 11) is 0. The average molecular weight is 222 g/mol. The zero-order valence-corrected chi connectivity index (χ0v) is 9.03. The molecule has 1 rings (SSSR count). The van der Waals surface area contributed by atoms with Crippen molar-refractivity contribution >= 4 is 11.9 Å². The maximum atomic E-state index is 11.0. The molecule has 5 heteroatoms. The molecular formula is C11H14N2O3. The minimum absolute atomic E-state index is 0.228. The molecule has 0 heterocycles. The lowest BCUT2D eigenvalue weighted by Gasteiger charge is -2.05. The van der Waals surface area contributed by atoms with E-state index in [4.69, 9.17) is 10.5 Å². The van der Waals surface area contributed by atoms with Gasteiger partial charge in [-0.25, -0.2) is 4.79 Å². The Balaban J connectivity index is 2.42. The quantitative estimate of drug-likeness (QED) is 0.791. The Labute approximate surface area is 93.6 Å². The molecule has 0 aliphatic rings. The van der Waals surface area contributed by atoms with Crippen molar-refractivity contribution in [2.45, 2.75) is 13.3 Å². The molecule has 16 heavy (non-hydrogen) atoms. The molecular weight excluding hydrogens is 208 g/mol. The zero-order chi connectivity index (χ0) is 12.0. The number of ether oxygens (including phenoxy) is 1. The number of primary amides is 1. The molecule has 0 aliphatic carbocycles. The van der Waals surface area contributed by atoms with Crippen LogP contribution in [-0.2, 0) is 11.2 Å². The van der Waals surface area contributed by atoms with Crippen molar-refractivity contribution < 1.29 is 14.3 Å². The molecule has 0 radical (unpaired) electrons. The number of aryl methyl sites for hydroxylation is 1. The Bertz CT molecular complexity index is 373. The van der Waals surface area contributed by atoms with Gasteiger partial charge >= 0.3 is 6.03 Å². The molecule has 1 aromatic rings. The first-order valence-electron chi connectivity index (χ1n) is 4.93. The Morgan fingerprint density at radius 2 is 1.94 bits per heavy atom. The van der Waals surface area contributed by atoms with Gasteiger partial charge in [-0.2, -0.15) is 0 Å². The molecule has 0 aromatic heterocycles. The first kappa shape index (κ1) is 12.0. The van der Waals surface area contributed by atoms with Crippen LogP contribution in [0.25, 0.3) is 0 Å². The van der Waals surface area contributed by atoms with Crippen molar-refractivity contribution in [2.24, 2.45) is 5.73 Å². The topological polar surface area (TPSA) is 81.4 Å². The highest BCUT2D eigenvalue weighted by Crippen LogP contribution is 2.12. The van der Waals surface area contributed by atoms with Crippen molar-refractivity contribution in [3.05, 3.63) is 29.8 Å². The number of carbonyl (C=O) groups excluding carboxylic acids is 2. The number of hydrogen-bond acceptors (Lipinski definition) is 3. The normalized spacial score (nSPS) is 9.56. The molecule has 0 saturated heterocycles. The lowest BCUT2D eigenvalue weighted by atomic mass is 10.2. The summed E-state index contributed by atoms with van der Waals surface area (Å²) in [4.78, 5) is 21.4. The van der Waals surface area contributed by atoms with Crippen molar-refractivity contribution in [3.63, 3.8) is 0 Å². The third-order valence-corrected chi connectivity index (χ3v) is 1.96. The van der Waals surface area contributed by atoms with Gasteiger partial charge < -0.3 is 10.5 Å². The van der Waals surface area contributed by atoms with E-state index in [1.807, 2.05) is 17.4 Å². The van der Waals surface area contributed by atoms with E-state index in [1.54, 1.807) is 12.1 Å². The highest BCUT2D eigenvalue weighted by atomic mass is 16.5. The van der Waals surface area contributed by atoms with Gasteiger partial charge in [0.15, 0.2) is 6.61 Å². The van der Waals surface area contributed by atoms with E-state index in [9.17, 15) is 9.59 Å². The predicted molar refractivity (Wildman–Crippen MR) is 59.0 cm³/mol. The van der Waals surface area contributed by atoms with Crippen LogP contribution in [0, 0.1) is 0 Å². The van der Waals surface area contributed by atoms with Gasteiger partial charge in [0.05, 0.1) is 0 Å². The minimum atomic E-state index is -0.880. The number of rotatable bonds is 4. The van der Waals surface area contributed by atoms with Crippen molar-refractivity contribution in [3.8, 4) is 5.75 Å². The van der Waals surface area contributed by atoms with Gasteiger partial charge in [-0.1, -0.05) is 19.1 Å². The monoisotopic (exact) mass is 222 g/mol. The summed E-state index contributed by atoms with van der Waals surface area (Å²) in [6.07, 6.45) is 0.947. The van der Waals surface area contributed by atoms with Crippen molar-refractivity contribution in [2.75, 3.05) is 6.61 Å².